The van der Waals surface area contributed by atoms with E-state index >= 15 is 0 Å². The minimum atomic E-state index is -0.373. The van der Waals surface area contributed by atoms with Gasteiger partial charge in [-0.25, -0.2) is 0 Å². The van der Waals surface area contributed by atoms with Crippen molar-refractivity contribution in [1.29, 1.82) is 5.26 Å². The summed E-state index contributed by atoms with van der Waals surface area (Å²) in [6, 6.07) is 5.13. The second kappa shape index (κ2) is 5.06. The van der Waals surface area contributed by atoms with Crippen LogP contribution in [0, 0.1) is 11.3 Å². The lowest BCUT2D eigenvalue weighted by atomic mass is 10.1. The standard InChI is InChI=1S/C10H8ClNO2S/c1-14-9(13)4-6-2-7(5-12)10(15)8(11)3-6/h2-3,15H,4H2,1H3. The molecule has 0 aliphatic carbocycles. The van der Waals surface area contributed by atoms with Gasteiger partial charge in [-0.2, -0.15) is 5.26 Å². The maximum atomic E-state index is 11.0. The minimum absolute atomic E-state index is 0.0962. The Labute approximate surface area is 98.0 Å². The van der Waals surface area contributed by atoms with Gasteiger partial charge in [-0.1, -0.05) is 11.6 Å². The number of hydrogen-bond acceptors (Lipinski definition) is 4. The Hall–Kier alpha value is -1.18. The SMILES string of the molecule is COC(=O)Cc1cc(Cl)c(S)c(C#N)c1. The molecule has 0 spiro atoms. The number of ether oxygens (including phenoxy) is 1. The van der Waals surface area contributed by atoms with Crippen molar-refractivity contribution in [2.45, 2.75) is 11.3 Å². The molecule has 0 amide bonds. The Morgan fingerprint density at radius 1 is 1.67 bits per heavy atom. The molecule has 5 heteroatoms. The van der Waals surface area contributed by atoms with E-state index in [0.29, 0.717) is 21.0 Å². The molecular weight excluding hydrogens is 234 g/mol. The number of nitrogens with zero attached hydrogens (tertiary/aromatic N) is 1. The van der Waals surface area contributed by atoms with E-state index in [-0.39, 0.29) is 12.4 Å². The van der Waals surface area contributed by atoms with E-state index < -0.39 is 0 Å². The average molecular weight is 242 g/mol. The summed E-state index contributed by atoms with van der Waals surface area (Å²) in [5, 5.41) is 9.14. The molecule has 0 aromatic heterocycles. The normalized spacial score (nSPS) is 9.47. The van der Waals surface area contributed by atoms with Gasteiger partial charge in [-0.15, -0.1) is 12.6 Å². The van der Waals surface area contributed by atoms with E-state index in [0.717, 1.165) is 0 Å². The quantitative estimate of drug-likeness (QED) is 0.638. The van der Waals surface area contributed by atoms with E-state index in [1.54, 1.807) is 12.1 Å². The zero-order valence-corrected chi connectivity index (χ0v) is 9.60. The van der Waals surface area contributed by atoms with Crippen LogP contribution in [-0.2, 0) is 16.0 Å². The smallest absolute Gasteiger partial charge is 0.309 e. The third-order valence-corrected chi connectivity index (χ3v) is 2.73. The van der Waals surface area contributed by atoms with Crippen molar-refractivity contribution in [3.05, 3.63) is 28.3 Å². The number of esters is 1. The van der Waals surface area contributed by atoms with Crippen molar-refractivity contribution in [2.75, 3.05) is 7.11 Å². The third-order valence-electron chi connectivity index (χ3n) is 1.82. The van der Waals surface area contributed by atoms with E-state index in [2.05, 4.69) is 17.4 Å². The topological polar surface area (TPSA) is 50.1 Å². The molecule has 1 aromatic carbocycles. The zero-order valence-electron chi connectivity index (χ0n) is 7.95. The number of nitriles is 1. The molecule has 0 aliphatic heterocycles. The van der Waals surface area contributed by atoms with Gasteiger partial charge >= 0.3 is 5.97 Å². The number of methoxy groups -OCH3 is 1. The van der Waals surface area contributed by atoms with Crippen LogP contribution in [0.15, 0.2) is 17.0 Å². The van der Waals surface area contributed by atoms with Crippen LogP contribution in [0.2, 0.25) is 5.02 Å². The highest BCUT2D eigenvalue weighted by atomic mass is 35.5. The monoisotopic (exact) mass is 241 g/mol. The molecule has 3 nitrogen and oxygen atoms in total. The molecule has 0 N–H and O–H groups in total. The Kier molecular flexibility index (Phi) is 4.01. The first-order valence-electron chi connectivity index (χ1n) is 4.06. The lowest BCUT2D eigenvalue weighted by molar-refractivity contribution is -0.139. The predicted molar refractivity (Wildman–Crippen MR) is 59.1 cm³/mol. The van der Waals surface area contributed by atoms with Crippen LogP contribution < -0.4 is 0 Å². The van der Waals surface area contributed by atoms with Crippen LogP contribution in [0.25, 0.3) is 0 Å². The van der Waals surface area contributed by atoms with Gasteiger partial charge in [0.25, 0.3) is 0 Å². The van der Waals surface area contributed by atoms with Crippen LogP contribution >= 0.6 is 24.2 Å². The first kappa shape index (κ1) is 11.9. The van der Waals surface area contributed by atoms with Crippen molar-refractivity contribution >= 4 is 30.2 Å². The second-order valence-corrected chi connectivity index (χ2v) is 3.69. The van der Waals surface area contributed by atoms with Gasteiger partial charge in [0.05, 0.1) is 24.1 Å². The summed E-state index contributed by atoms with van der Waals surface area (Å²) < 4.78 is 4.51. The summed E-state index contributed by atoms with van der Waals surface area (Å²) in [5.74, 6) is -0.373. The lowest BCUT2D eigenvalue weighted by Crippen LogP contribution is -2.04. The van der Waals surface area contributed by atoms with Crippen LogP contribution in [0.5, 0.6) is 0 Å². The van der Waals surface area contributed by atoms with Gasteiger partial charge in [0, 0.05) is 4.90 Å². The molecule has 78 valence electrons. The molecule has 0 aliphatic rings. The molecule has 0 saturated carbocycles. The van der Waals surface area contributed by atoms with Crippen LogP contribution in [-0.4, -0.2) is 13.1 Å². The van der Waals surface area contributed by atoms with E-state index in [9.17, 15) is 4.79 Å². The van der Waals surface area contributed by atoms with Crippen molar-refractivity contribution in [2.24, 2.45) is 0 Å². The highest BCUT2D eigenvalue weighted by Crippen LogP contribution is 2.25. The predicted octanol–water partition coefficient (Wildman–Crippen LogP) is 2.22. The van der Waals surface area contributed by atoms with Crippen molar-refractivity contribution in [3.8, 4) is 6.07 Å². The maximum absolute atomic E-state index is 11.0. The number of halogens is 1. The van der Waals surface area contributed by atoms with Crippen LogP contribution in [0.3, 0.4) is 0 Å². The summed E-state index contributed by atoms with van der Waals surface area (Å²) in [6.07, 6.45) is 0.0962. The fourth-order valence-corrected chi connectivity index (χ4v) is 1.50. The van der Waals surface area contributed by atoms with E-state index in [1.807, 2.05) is 6.07 Å². The number of carbonyl (C=O) groups is 1. The molecule has 1 aromatic rings. The molecule has 1 rings (SSSR count). The van der Waals surface area contributed by atoms with Gasteiger partial charge in [0.15, 0.2) is 0 Å². The number of carbonyl (C=O) groups excluding carboxylic acids is 1. The Morgan fingerprint density at radius 3 is 2.87 bits per heavy atom. The Balaban J connectivity index is 3.07. The highest BCUT2D eigenvalue weighted by Gasteiger charge is 2.09. The summed E-state index contributed by atoms with van der Waals surface area (Å²) in [4.78, 5) is 11.4. The van der Waals surface area contributed by atoms with Gasteiger partial charge in [-0.3, -0.25) is 4.79 Å². The molecular formula is C10H8ClNO2S. The van der Waals surface area contributed by atoms with E-state index in [1.165, 1.54) is 7.11 Å². The minimum Gasteiger partial charge on any atom is -0.469 e. The second-order valence-electron chi connectivity index (χ2n) is 2.84. The van der Waals surface area contributed by atoms with Crippen molar-refractivity contribution in [1.82, 2.24) is 0 Å². The Morgan fingerprint density at radius 2 is 2.33 bits per heavy atom. The van der Waals surface area contributed by atoms with Gasteiger partial charge < -0.3 is 4.74 Å². The summed E-state index contributed by atoms with van der Waals surface area (Å²) in [7, 11) is 1.31. The molecule has 0 heterocycles. The molecule has 15 heavy (non-hydrogen) atoms. The Bertz CT molecular complexity index is 440. The van der Waals surface area contributed by atoms with Crippen molar-refractivity contribution in [3.63, 3.8) is 0 Å². The summed E-state index contributed by atoms with van der Waals surface area (Å²) in [6.45, 7) is 0. The van der Waals surface area contributed by atoms with Gasteiger partial charge in [0.2, 0.25) is 0 Å². The molecule has 0 bridgehead atoms. The van der Waals surface area contributed by atoms with E-state index in [4.69, 9.17) is 16.9 Å². The number of hydrogen-bond donors (Lipinski definition) is 1. The third kappa shape index (κ3) is 2.88. The van der Waals surface area contributed by atoms with Gasteiger partial charge in [0.1, 0.15) is 6.07 Å². The van der Waals surface area contributed by atoms with Gasteiger partial charge in [-0.05, 0) is 17.7 Å². The molecule has 0 atom stereocenters. The molecule has 0 fully saturated rings. The molecule has 0 saturated heterocycles. The molecule has 0 unspecified atom stereocenters. The largest absolute Gasteiger partial charge is 0.469 e. The number of rotatable bonds is 2. The fraction of sp³-hybridized carbons (Fsp3) is 0.200. The maximum Gasteiger partial charge on any atom is 0.309 e. The first-order chi connectivity index (χ1) is 7.08. The van der Waals surface area contributed by atoms with Crippen LogP contribution in [0.4, 0.5) is 0 Å². The fourth-order valence-electron chi connectivity index (χ4n) is 1.08. The summed E-state index contributed by atoms with van der Waals surface area (Å²) in [5.41, 5.74) is 0.992. The lowest BCUT2D eigenvalue weighted by Gasteiger charge is -2.04. The van der Waals surface area contributed by atoms with Crippen molar-refractivity contribution < 1.29 is 9.53 Å². The number of benzene rings is 1. The zero-order chi connectivity index (χ0) is 11.4. The average Bonchev–Trinajstić information content (AvgIpc) is 2.22. The highest BCUT2D eigenvalue weighted by molar-refractivity contribution is 7.80. The summed E-state index contributed by atoms with van der Waals surface area (Å²) >= 11 is 9.93. The first-order valence-corrected chi connectivity index (χ1v) is 4.89. The number of thiol groups is 1. The molecule has 0 radical (unpaired) electrons. The van der Waals surface area contributed by atoms with Crippen LogP contribution in [0.1, 0.15) is 11.1 Å².